The van der Waals surface area contributed by atoms with E-state index < -0.39 is 29.6 Å². The molecule has 0 radical (unpaired) electrons. The highest BCUT2D eigenvalue weighted by Gasteiger charge is 2.16. The first kappa shape index (κ1) is 14.0. The van der Waals surface area contributed by atoms with Crippen LogP contribution in [0.2, 0.25) is 0 Å². The summed E-state index contributed by atoms with van der Waals surface area (Å²) in [6.07, 6.45) is -0.329. The first-order chi connectivity index (χ1) is 10.5. The topological polar surface area (TPSA) is 80.4 Å². The molecule has 0 saturated heterocycles. The number of hydrogen-bond donors (Lipinski definition) is 1. The minimum absolute atomic E-state index is 0.175. The van der Waals surface area contributed by atoms with Gasteiger partial charge in [-0.2, -0.15) is 5.10 Å². The van der Waals surface area contributed by atoms with E-state index in [0.29, 0.717) is 5.65 Å². The molecular formula is C13H7F3N4O2. The molecule has 9 heteroatoms. The van der Waals surface area contributed by atoms with Crippen molar-refractivity contribution in [2.45, 2.75) is 6.43 Å². The molecule has 0 unspecified atom stereocenters. The molecule has 3 rings (SSSR count). The number of carboxylic acid groups (broad SMARTS) is 1. The number of carboxylic acids is 1. The van der Waals surface area contributed by atoms with E-state index in [1.807, 2.05) is 0 Å². The second kappa shape index (κ2) is 5.10. The summed E-state index contributed by atoms with van der Waals surface area (Å²) in [6.45, 7) is 0. The average molecular weight is 308 g/mol. The number of aromatic nitrogens is 4. The number of imidazole rings is 1. The van der Waals surface area contributed by atoms with Crippen molar-refractivity contribution in [3.05, 3.63) is 47.8 Å². The van der Waals surface area contributed by atoms with Gasteiger partial charge in [-0.3, -0.25) is 0 Å². The number of halogens is 3. The Morgan fingerprint density at radius 2 is 2.00 bits per heavy atom. The number of aromatic carboxylic acids is 1. The maximum absolute atomic E-state index is 13.7. The molecule has 0 spiro atoms. The molecule has 0 aliphatic carbocycles. The van der Waals surface area contributed by atoms with Crippen molar-refractivity contribution in [2.24, 2.45) is 0 Å². The van der Waals surface area contributed by atoms with Crippen molar-refractivity contribution < 1.29 is 23.1 Å². The van der Waals surface area contributed by atoms with E-state index in [1.54, 1.807) is 0 Å². The average Bonchev–Trinajstić information content (AvgIpc) is 2.89. The molecule has 1 N–H and O–H groups in total. The summed E-state index contributed by atoms with van der Waals surface area (Å²) in [5, 5.41) is 12.5. The maximum Gasteiger partial charge on any atom is 0.357 e. The fourth-order valence-electron chi connectivity index (χ4n) is 1.94. The minimum atomic E-state index is -2.76. The minimum Gasteiger partial charge on any atom is -0.476 e. The zero-order valence-corrected chi connectivity index (χ0v) is 10.7. The van der Waals surface area contributed by atoms with Crippen molar-refractivity contribution in [1.82, 2.24) is 19.6 Å². The molecule has 0 fully saturated rings. The molecule has 3 heterocycles. The van der Waals surface area contributed by atoms with Crippen LogP contribution in [0.5, 0.6) is 0 Å². The number of rotatable bonds is 3. The van der Waals surface area contributed by atoms with Crippen molar-refractivity contribution >= 4 is 11.6 Å². The molecule has 0 aliphatic rings. The molecule has 22 heavy (non-hydrogen) atoms. The molecule has 6 nitrogen and oxygen atoms in total. The summed E-state index contributed by atoms with van der Waals surface area (Å²) in [6, 6.07) is 3.44. The van der Waals surface area contributed by atoms with Gasteiger partial charge in [-0.05, 0) is 18.2 Å². The van der Waals surface area contributed by atoms with Crippen LogP contribution in [-0.4, -0.2) is 30.7 Å². The Hall–Kier alpha value is -2.97. The smallest absolute Gasteiger partial charge is 0.357 e. The van der Waals surface area contributed by atoms with Gasteiger partial charge in [-0.1, -0.05) is 0 Å². The van der Waals surface area contributed by atoms with Gasteiger partial charge in [0.15, 0.2) is 17.2 Å². The van der Waals surface area contributed by atoms with Crippen LogP contribution in [0.1, 0.15) is 22.6 Å². The fourth-order valence-corrected chi connectivity index (χ4v) is 1.94. The van der Waals surface area contributed by atoms with Gasteiger partial charge in [0.25, 0.3) is 6.43 Å². The predicted molar refractivity (Wildman–Crippen MR) is 68.1 cm³/mol. The van der Waals surface area contributed by atoms with Gasteiger partial charge in [0.05, 0.1) is 11.9 Å². The molecule has 0 saturated carbocycles. The van der Waals surface area contributed by atoms with E-state index in [9.17, 15) is 18.0 Å². The molecule has 3 aromatic heterocycles. The van der Waals surface area contributed by atoms with E-state index in [0.717, 1.165) is 22.8 Å². The Balaban J connectivity index is 2.15. The van der Waals surface area contributed by atoms with Crippen molar-refractivity contribution in [3.8, 4) is 11.3 Å². The van der Waals surface area contributed by atoms with Crippen LogP contribution in [0.3, 0.4) is 0 Å². The van der Waals surface area contributed by atoms with E-state index in [4.69, 9.17) is 5.11 Å². The van der Waals surface area contributed by atoms with Crippen LogP contribution >= 0.6 is 0 Å². The quantitative estimate of drug-likeness (QED) is 0.804. The third-order valence-electron chi connectivity index (χ3n) is 2.95. The van der Waals surface area contributed by atoms with Crippen LogP contribution in [0.15, 0.2) is 30.6 Å². The summed E-state index contributed by atoms with van der Waals surface area (Å²) in [5.74, 6) is -2.54. The van der Waals surface area contributed by atoms with Gasteiger partial charge in [-0.15, -0.1) is 0 Å². The van der Waals surface area contributed by atoms with Crippen LogP contribution < -0.4 is 0 Å². The van der Waals surface area contributed by atoms with Crippen molar-refractivity contribution in [2.75, 3.05) is 0 Å². The number of fused-ring (bicyclic) bond motifs is 1. The third kappa shape index (κ3) is 2.26. The number of pyridine rings is 1. The predicted octanol–water partition coefficient (Wildman–Crippen LogP) is 2.57. The van der Waals surface area contributed by atoms with Gasteiger partial charge < -0.3 is 5.11 Å². The maximum atomic E-state index is 13.7. The molecule has 0 aliphatic heterocycles. The van der Waals surface area contributed by atoms with Crippen LogP contribution in [0, 0.1) is 5.82 Å². The third-order valence-corrected chi connectivity index (χ3v) is 2.95. The molecular weight excluding hydrogens is 301 g/mol. The van der Waals surface area contributed by atoms with Crippen LogP contribution in [-0.2, 0) is 0 Å². The van der Waals surface area contributed by atoms with Crippen molar-refractivity contribution in [1.29, 1.82) is 0 Å². The molecule has 0 amide bonds. The Kier molecular flexibility index (Phi) is 3.24. The second-order valence-corrected chi connectivity index (χ2v) is 4.33. The Bertz CT molecular complexity index is 879. The lowest BCUT2D eigenvalue weighted by molar-refractivity contribution is 0.0685. The first-order valence-electron chi connectivity index (χ1n) is 5.99. The fraction of sp³-hybridized carbons (Fsp3) is 0.0769. The summed E-state index contributed by atoms with van der Waals surface area (Å²) in [7, 11) is 0. The molecule has 0 bridgehead atoms. The van der Waals surface area contributed by atoms with E-state index in [1.165, 1.54) is 12.3 Å². The highest BCUT2D eigenvalue weighted by molar-refractivity contribution is 5.86. The van der Waals surface area contributed by atoms with Gasteiger partial charge in [0.1, 0.15) is 5.69 Å². The lowest BCUT2D eigenvalue weighted by Crippen LogP contribution is -2.05. The Morgan fingerprint density at radius 3 is 2.64 bits per heavy atom. The van der Waals surface area contributed by atoms with Gasteiger partial charge >= 0.3 is 5.97 Å². The normalized spacial score (nSPS) is 11.3. The number of alkyl halides is 2. The van der Waals surface area contributed by atoms with Crippen LogP contribution in [0.25, 0.3) is 16.9 Å². The lowest BCUT2D eigenvalue weighted by Gasteiger charge is -2.04. The Morgan fingerprint density at radius 1 is 1.23 bits per heavy atom. The zero-order valence-electron chi connectivity index (χ0n) is 10.7. The zero-order chi connectivity index (χ0) is 15.9. The summed E-state index contributed by atoms with van der Waals surface area (Å²) in [5.41, 5.74) is -0.488. The SMILES string of the molecule is O=C(O)c1ncc(-c2cnc3ccc(C(F)F)nn23)cc1F. The van der Waals surface area contributed by atoms with E-state index >= 15 is 0 Å². The summed E-state index contributed by atoms with van der Waals surface area (Å²) >= 11 is 0. The van der Waals surface area contributed by atoms with Gasteiger partial charge in [-0.25, -0.2) is 32.4 Å². The number of nitrogens with zero attached hydrogens (tertiary/aromatic N) is 4. The van der Waals surface area contributed by atoms with E-state index in [-0.39, 0.29) is 11.3 Å². The summed E-state index contributed by atoms with van der Waals surface area (Å²) in [4.78, 5) is 18.2. The van der Waals surface area contributed by atoms with Gasteiger partial charge in [0.2, 0.25) is 0 Å². The van der Waals surface area contributed by atoms with Crippen molar-refractivity contribution in [3.63, 3.8) is 0 Å². The largest absolute Gasteiger partial charge is 0.476 e. The standard InChI is InChI=1S/C13H7F3N4O2/c14-7-3-6(4-18-11(7)13(21)22)9-5-17-10-2-1-8(12(15)16)19-20(9)10/h1-5,12H,(H,21,22). The Labute approximate surface area is 120 Å². The number of hydrogen-bond acceptors (Lipinski definition) is 4. The molecule has 112 valence electrons. The number of carbonyl (C=O) groups is 1. The second-order valence-electron chi connectivity index (χ2n) is 4.33. The molecule has 3 aromatic rings. The van der Waals surface area contributed by atoms with Crippen LogP contribution in [0.4, 0.5) is 13.2 Å². The molecule has 0 atom stereocenters. The highest BCUT2D eigenvalue weighted by Crippen LogP contribution is 2.23. The molecule has 0 aromatic carbocycles. The lowest BCUT2D eigenvalue weighted by atomic mass is 10.2. The summed E-state index contributed by atoms with van der Waals surface area (Å²) < 4.78 is 40.2. The highest BCUT2D eigenvalue weighted by atomic mass is 19.3. The van der Waals surface area contributed by atoms with E-state index in [2.05, 4.69) is 15.1 Å². The van der Waals surface area contributed by atoms with Gasteiger partial charge in [0, 0.05) is 11.8 Å². The monoisotopic (exact) mass is 308 g/mol. The first-order valence-corrected chi connectivity index (χ1v) is 5.99.